The van der Waals surface area contributed by atoms with Gasteiger partial charge in [0.1, 0.15) is 0 Å². The van der Waals surface area contributed by atoms with E-state index in [2.05, 4.69) is 12.1 Å². The molecule has 4 heteroatoms. The number of fused-ring (bicyclic) bond motifs is 1. The molecule has 0 unspecified atom stereocenters. The van der Waals surface area contributed by atoms with Crippen molar-refractivity contribution in [1.82, 2.24) is 4.31 Å². The highest BCUT2D eigenvalue weighted by atomic mass is 32.2. The molecule has 0 saturated carbocycles. The van der Waals surface area contributed by atoms with Crippen molar-refractivity contribution >= 4 is 15.6 Å². The summed E-state index contributed by atoms with van der Waals surface area (Å²) in [5, 5.41) is 0. The van der Waals surface area contributed by atoms with Crippen LogP contribution in [0.15, 0.2) is 59.5 Å². The Hall–Kier alpha value is -1.91. The van der Waals surface area contributed by atoms with Crippen LogP contribution in [0.1, 0.15) is 29.5 Å². The van der Waals surface area contributed by atoms with Crippen LogP contribution in [-0.4, -0.2) is 25.8 Å². The predicted molar refractivity (Wildman–Crippen MR) is 96.3 cm³/mol. The van der Waals surface area contributed by atoms with E-state index in [0.29, 0.717) is 18.0 Å². The highest BCUT2D eigenvalue weighted by molar-refractivity contribution is 7.89. The molecule has 2 aromatic rings. The van der Waals surface area contributed by atoms with Gasteiger partial charge in [0, 0.05) is 13.1 Å². The SMILES string of the molecule is O=S(=O)(c1ccc2c(c1)CCC2)N1CC=C(c2ccccc2)CC1. The van der Waals surface area contributed by atoms with Gasteiger partial charge in [0.05, 0.1) is 4.90 Å². The van der Waals surface area contributed by atoms with Crippen LogP contribution in [-0.2, 0) is 22.9 Å². The average molecular weight is 339 g/mol. The molecule has 0 N–H and O–H groups in total. The fourth-order valence-corrected chi connectivity index (χ4v) is 5.07. The molecular weight excluding hydrogens is 318 g/mol. The zero-order valence-electron chi connectivity index (χ0n) is 13.6. The lowest BCUT2D eigenvalue weighted by atomic mass is 10.0. The smallest absolute Gasteiger partial charge is 0.207 e. The Morgan fingerprint density at radius 3 is 2.42 bits per heavy atom. The molecule has 0 spiro atoms. The maximum absolute atomic E-state index is 12.9. The fraction of sp³-hybridized carbons (Fsp3) is 0.300. The monoisotopic (exact) mass is 339 g/mol. The molecule has 0 bridgehead atoms. The highest BCUT2D eigenvalue weighted by Gasteiger charge is 2.27. The number of benzene rings is 2. The van der Waals surface area contributed by atoms with Gasteiger partial charge in [-0.25, -0.2) is 8.42 Å². The molecule has 1 heterocycles. The van der Waals surface area contributed by atoms with Gasteiger partial charge in [-0.05, 0) is 60.1 Å². The van der Waals surface area contributed by atoms with Crippen molar-refractivity contribution in [1.29, 1.82) is 0 Å². The van der Waals surface area contributed by atoms with Gasteiger partial charge >= 0.3 is 0 Å². The van der Waals surface area contributed by atoms with E-state index in [0.717, 1.165) is 25.7 Å². The minimum Gasteiger partial charge on any atom is -0.207 e. The summed E-state index contributed by atoms with van der Waals surface area (Å²) < 4.78 is 27.4. The number of aryl methyl sites for hydroxylation is 2. The second-order valence-corrected chi connectivity index (χ2v) is 8.43. The summed E-state index contributed by atoms with van der Waals surface area (Å²) in [5.74, 6) is 0. The zero-order valence-corrected chi connectivity index (χ0v) is 14.4. The third-order valence-electron chi connectivity index (χ3n) is 5.02. The molecular formula is C20H21NO2S. The first-order valence-electron chi connectivity index (χ1n) is 8.51. The van der Waals surface area contributed by atoms with Gasteiger partial charge in [-0.3, -0.25) is 0 Å². The molecule has 2 aliphatic rings. The highest BCUT2D eigenvalue weighted by Crippen LogP contribution is 2.29. The third-order valence-corrected chi connectivity index (χ3v) is 6.89. The fourth-order valence-electron chi connectivity index (χ4n) is 3.64. The summed E-state index contributed by atoms with van der Waals surface area (Å²) in [4.78, 5) is 0.444. The molecule has 24 heavy (non-hydrogen) atoms. The normalized spacial score (nSPS) is 18.2. The average Bonchev–Trinajstić information content (AvgIpc) is 3.10. The van der Waals surface area contributed by atoms with E-state index >= 15 is 0 Å². The molecule has 124 valence electrons. The Morgan fingerprint density at radius 2 is 1.67 bits per heavy atom. The summed E-state index contributed by atoms with van der Waals surface area (Å²) >= 11 is 0. The van der Waals surface area contributed by atoms with Crippen molar-refractivity contribution < 1.29 is 8.42 Å². The van der Waals surface area contributed by atoms with E-state index in [9.17, 15) is 8.42 Å². The van der Waals surface area contributed by atoms with Gasteiger partial charge in [-0.15, -0.1) is 0 Å². The Kier molecular flexibility index (Phi) is 4.02. The summed E-state index contributed by atoms with van der Waals surface area (Å²) in [6.45, 7) is 0.990. The number of hydrogen-bond acceptors (Lipinski definition) is 2. The van der Waals surface area contributed by atoms with Gasteiger partial charge in [0.15, 0.2) is 0 Å². The van der Waals surface area contributed by atoms with Gasteiger partial charge < -0.3 is 0 Å². The molecule has 1 aliphatic carbocycles. The van der Waals surface area contributed by atoms with Crippen LogP contribution in [0.5, 0.6) is 0 Å². The number of nitrogens with zero attached hydrogens (tertiary/aromatic N) is 1. The Morgan fingerprint density at radius 1 is 0.875 bits per heavy atom. The van der Waals surface area contributed by atoms with Gasteiger partial charge in [0.2, 0.25) is 10.0 Å². The van der Waals surface area contributed by atoms with Crippen molar-refractivity contribution in [2.24, 2.45) is 0 Å². The van der Waals surface area contributed by atoms with Crippen LogP contribution in [0, 0.1) is 0 Å². The maximum atomic E-state index is 12.9. The van der Waals surface area contributed by atoms with E-state index in [1.165, 1.54) is 22.3 Å². The summed E-state index contributed by atoms with van der Waals surface area (Å²) in [5.41, 5.74) is 4.93. The maximum Gasteiger partial charge on any atom is 0.243 e. The summed E-state index contributed by atoms with van der Waals surface area (Å²) in [6.07, 6.45) is 6.00. The molecule has 0 saturated heterocycles. The zero-order chi connectivity index (χ0) is 16.6. The van der Waals surface area contributed by atoms with Crippen LogP contribution >= 0.6 is 0 Å². The van der Waals surface area contributed by atoms with Gasteiger partial charge in [0.25, 0.3) is 0 Å². The minimum absolute atomic E-state index is 0.444. The van der Waals surface area contributed by atoms with Crippen molar-refractivity contribution in [3.63, 3.8) is 0 Å². The standard InChI is InChI=1S/C20H21NO2S/c22-24(23,20-10-9-17-7-4-8-19(17)15-20)21-13-11-18(12-14-21)16-5-2-1-3-6-16/h1-3,5-6,9-11,15H,4,7-8,12-14H2. The van der Waals surface area contributed by atoms with Crippen LogP contribution < -0.4 is 0 Å². The number of sulfonamides is 1. The first-order chi connectivity index (χ1) is 11.6. The lowest BCUT2D eigenvalue weighted by Crippen LogP contribution is -2.34. The van der Waals surface area contributed by atoms with Crippen molar-refractivity contribution in [3.8, 4) is 0 Å². The molecule has 0 aromatic heterocycles. The van der Waals surface area contributed by atoms with E-state index in [4.69, 9.17) is 0 Å². The van der Waals surface area contributed by atoms with Crippen LogP contribution in [0.3, 0.4) is 0 Å². The van der Waals surface area contributed by atoms with Crippen molar-refractivity contribution in [2.45, 2.75) is 30.6 Å². The molecule has 4 rings (SSSR count). The number of rotatable bonds is 3. The largest absolute Gasteiger partial charge is 0.243 e. The Balaban J connectivity index is 1.57. The number of hydrogen-bond donors (Lipinski definition) is 0. The van der Waals surface area contributed by atoms with Crippen LogP contribution in [0.4, 0.5) is 0 Å². The van der Waals surface area contributed by atoms with Crippen molar-refractivity contribution in [3.05, 3.63) is 71.3 Å². The molecule has 1 aliphatic heterocycles. The first-order valence-corrected chi connectivity index (χ1v) is 9.95. The Bertz CT molecular complexity index is 885. The Labute approximate surface area is 143 Å². The lowest BCUT2D eigenvalue weighted by molar-refractivity contribution is 0.441. The molecule has 0 atom stereocenters. The summed E-state index contributed by atoms with van der Waals surface area (Å²) in [6, 6.07) is 15.8. The van der Waals surface area contributed by atoms with Crippen molar-refractivity contribution in [2.75, 3.05) is 13.1 Å². The second kappa shape index (κ2) is 6.19. The molecule has 0 fully saturated rings. The van der Waals surface area contributed by atoms with E-state index in [1.54, 1.807) is 10.4 Å². The van der Waals surface area contributed by atoms with E-state index in [1.807, 2.05) is 36.4 Å². The molecule has 3 nitrogen and oxygen atoms in total. The molecule has 0 amide bonds. The van der Waals surface area contributed by atoms with Gasteiger partial charge in [-0.1, -0.05) is 42.5 Å². The third kappa shape index (κ3) is 2.80. The molecule has 2 aromatic carbocycles. The summed E-state index contributed by atoms with van der Waals surface area (Å²) in [7, 11) is -3.40. The van der Waals surface area contributed by atoms with Crippen LogP contribution in [0.2, 0.25) is 0 Å². The van der Waals surface area contributed by atoms with E-state index in [-0.39, 0.29) is 0 Å². The van der Waals surface area contributed by atoms with E-state index < -0.39 is 10.0 Å². The first kappa shape index (κ1) is 15.6. The lowest BCUT2D eigenvalue weighted by Gasteiger charge is -2.26. The quantitative estimate of drug-likeness (QED) is 0.856. The topological polar surface area (TPSA) is 37.4 Å². The van der Waals surface area contributed by atoms with Crippen LogP contribution in [0.25, 0.3) is 5.57 Å². The second-order valence-electron chi connectivity index (χ2n) is 6.49. The molecule has 0 radical (unpaired) electrons. The predicted octanol–water partition coefficient (Wildman–Crippen LogP) is 3.65. The minimum atomic E-state index is -3.40. The van der Waals surface area contributed by atoms with Gasteiger partial charge in [-0.2, -0.15) is 4.31 Å².